The molecule has 4 N–H and O–H groups in total. The highest BCUT2D eigenvalue weighted by Crippen LogP contribution is 2.20. The second-order valence-corrected chi connectivity index (χ2v) is 3.36. The van der Waals surface area contributed by atoms with Crippen LogP contribution in [0.5, 0.6) is 0 Å². The Balaban J connectivity index is 2.66. The Kier molecular flexibility index (Phi) is 3.63. The van der Waals surface area contributed by atoms with Gasteiger partial charge in [-0.1, -0.05) is 0 Å². The number of hydrogen-bond acceptors (Lipinski definition) is 5. The van der Waals surface area contributed by atoms with Crippen molar-refractivity contribution in [3.63, 3.8) is 0 Å². The van der Waals surface area contributed by atoms with E-state index in [1.165, 1.54) is 0 Å². The molecule has 0 radical (unpaired) electrons. The zero-order valence-corrected chi connectivity index (χ0v) is 7.84. The summed E-state index contributed by atoms with van der Waals surface area (Å²) in [6, 6.07) is -0.294. The topological polar surface area (TPSA) is 82.0 Å². The third-order valence-corrected chi connectivity index (χ3v) is 2.51. The average molecular weight is 191 g/mol. The summed E-state index contributed by atoms with van der Waals surface area (Å²) in [6.07, 6.45) is -2.83. The lowest BCUT2D eigenvalue weighted by Crippen LogP contribution is -2.61. The predicted molar refractivity (Wildman–Crippen MR) is 46.3 cm³/mol. The van der Waals surface area contributed by atoms with Crippen molar-refractivity contribution >= 4 is 0 Å². The van der Waals surface area contributed by atoms with E-state index in [2.05, 4.69) is 5.32 Å². The maximum atomic E-state index is 9.61. The lowest BCUT2D eigenvalue weighted by atomic mass is 9.94. The van der Waals surface area contributed by atoms with E-state index in [9.17, 15) is 10.2 Å². The minimum atomic E-state index is -1.03. The van der Waals surface area contributed by atoms with Gasteiger partial charge in [-0.25, -0.2) is 0 Å². The van der Waals surface area contributed by atoms with Crippen LogP contribution in [0, 0.1) is 0 Å². The lowest BCUT2D eigenvalue weighted by Gasteiger charge is -2.41. The maximum absolute atomic E-state index is 9.61. The van der Waals surface area contributed by atoms with Gasteiger partial charge in [0.2, 0.25) is 0 Å². The second kappa shape index (κ2) is 4.34. The molecule has 0 aliphatic carbocycles. The van der Waals surface area contributed by atoms with Crippen LogP contribution < -0.4 is 5.32 Å². The first-order chi connectivity index (χ1) is 6.11. The molecule has 5 atom stereocenters. The van der Waals surface area contributed by atoms with Crippen LogP contribution in [0.25, 0.3) is 0 Å². The Morgan fingerprint density at radius 3 is 2.38 bits per heavy atom. The van der Waals surface area contributed by atoms with Crippen molar-refractivity contribution in [2.24, 2.45) is 0 Å². The van der Waals surface area contributed by atoms with Crippen molar-refractivity contribution < 1.29 is 20.1 Å². The fraction of sp³-hybridized carbons (Fsp3) is 1.00. The second-order valence-electron chi connectivity index (χ2n) is 3.36. The number of hydrogen-bond donors (Lipinski definition) is 4. The van der Waals surface area contributed by atoms with Crippen LogP contribution >= 0.6 is 0 Å². The van der Waals surface area contributed by atoms with E-state index in [0.717, 1.165) is 0 Å². The van der Waals surface area contributed by atoms with Crippen molar-refractivity contribution in [3.8, 4) is 0 Å². The standard InChI is InChI=1S/C8H17NO4/c1-4-6(9-2)8(12)7(11)5(3-10)13-4/h4-12H,3H2,1-2H3/t4-,5?,6?,7-,8-/m1/s1. The maximum Gasteiger partial charge on any atom is 0.110 e. The molecule has 13 heavy (non-hydrogen) atoms. The molecule has 1 aliphatic rings. The number of aliphatic hydroxyl groups excluding tert-OH is 3. The first-order valence-electron chi connectivity index (χ1n) is 4.41. The van der Waals surface area contributed by atoms with Gasteiger partial charge in [0.25, 0.3) is 0 Å². The van der Waals surface area contributed by atoms with Gasteiger partial charge in [0.15, 0.2) is 0 Å². The van der Waals surface area contributed by atoms with E-state index in [1.807, 2.05) is 0 Å². The molecule has 5 heteroatoms. The third-order valence-electron chi connectivity index (χ3n) is 2.51. The number of rotatable bonds is 2. The molecular formula is C8H17NO4. The lowest BCUT2D eigenvalue weighted by molar-refractivity contribution is -0.188. The van der Waals surface area contributed by atoms with Gasteiger partial charge in [-0.3, -0.25) is 0 Å². The van der Waals surface area contributed by atoms with Crippen molar-refractivity contribution in [2.45, 2.75) is 37.4 Å². The predicted octanol–water partition coefficient (Wildman–Crippen LogP) is -1.92. The molecule has 0 amide bonds. The van der Waals surface area contributed by atoms with E-state index in [4.69, 9.17) is 9.84 Å². The Labute approximate surface area is 77.3 Å². The molecule has 0 aromatic heterocycles. The van der Waals surface area contributed by atoms with Gasteiger partial charge in [0.05, 0.1) is 18.8 Å². The quantitative estimate of drug-likeness (QED) is 0.409. The van der Waals surface area contributed by atoms with Crippen LogP contribution in [-0.4, -0.2) is 59.4 Å². The molecule has 1 fully saturated rings. The first kappa shape index (κ1) is 10.9. The molecule has 78 valence electrons. The molecule has 5 nitrogen and oxygen atoms in total. The SMILES string of the molecule is CNC1[C@@H](O)[C@H](O)C(CO)O[C@@H]1C. The molecule has 1 saturated heterocycles. The fourth-order valence-corrected chi connectivity index (χ4v) is 1.71. The number of ether oxygens (including phenoxy) is 1. The molecule has 0 aromatic rings. The van der Waals surface area contributed by atoms with Gasteiger partial charge in [-0.05, 0) is 14.0 Å². The first-order valence-corrected chi connectivity index (χ1v) is 4.41. The molecule has 0 aromatic carbocycles. The molecule has 1 heterocycles. The Morgan fingerprint density at radius 1 is 1.31 bits per heavy atom. The molecule has 0 spiro atoms. The zero-order chi connectivity index (χ0) is 10.0. The van der Waals surface area contributed by atoms with E-state index in [-0.39, 0.29) is 18.8 Å². The summed E-state index contributed by atoms with van der Waals surface area (Å²) in [5.74, 6) is 0. The smallest absolute Gasteiger partial charge is 0.110 e. The highest BCUT2D eigenvalue weighted by molar-refractivity contribution is 4.93. The van der Waals surface area contributed by atoms with Gasteiger partial charge >= 0.3 is 0 Å². The minimum absolute atomic E-state index is 0.222. The largest absolute Gasteiger partial charge is 0.394 e. The summed E-state index contributed by atoms with van der Waals surface area (Å²) in [4.78, 5) is 0. The van der Waals surface area contributed by atoms with Crippen LogP contribution in [0.15, 0.2) is 0 Å². The Morgan fingerprint density at radius 2 is 1.92 bits per heavy atom. The number of nitrogens with one attached hydrogen (secondary N) is 1. The molecular weight excluding hydrogens is 174 g/mol. The summed E-state index contributed by atoms with van der Waals surface area (Å²) in [5.41, 5.74) is 0. The average Bonchev–Trinajstić information content (AvgIpc) is 2.12. The van der Waals surface area contributed by atoms with Crippen LogP contribution in [0.3, 0.4) is 0 Å². The number of likely N-dealkylation sites (N-methyl/N-ethyl adjacent to an activating group) is 1. The van der Waals surface area contributed by atoms with Gasteiger partial charge in [-0.15, -0.1) is 0 Å². The van der Waals surface area contributed by atoms with E-state index < -0.39 is 18.3 Å². The summed E-state index contributed by atoms with van der Waals surface area (Å²) in [5, 5.41) is 30.8. The fourth-order valence-electron chi connectivity index (χ4n) is 1.71. The van der Waals surface area contributed by atoms with Crippen molar-refractivity contribution in [3.05, 3.63) is 0 Å². The minimum Gasteiger partial charge on any atom is -0.394 e. The highest BCUT2D eigenvalue weighted by Gasteiger charge is 2.41. The Bertz CT molecular complexity index is 166. The van der Waals surface area contributed by atoms with Gasteiger partial charge in [0.1, 0.15) is 18.3 Å². The number of aliphatic hydroxyl groups is 3. The molecule has 1 rings (SSSR count). The van der Waals surface area contributed by atoms with E-state index in [1.54, 1.807) is 14.0 Å². The molecule has 2 unspecified atom stereocenters. The normalized spacial score (nSPS) is 46.4. The molecule has 1 aliphatic heterocycles. The van der Waals surface area contributed by atoms with Gasteiger partial charge < -0.3 is 25.4 Å². The summed E-state index contributed by atoms with van der Waals surface area (Å²) < 4.78 is 5.30. The summed E-state index contributed by atoms with van der Waals surface area (Å²) >= 11 is 0. The highest BCUT2D eigenvalue weighted by atomic mass is 16.5. The van der Waals surface area contributed by atoms with Crippen molar-refractivity contribution in [2.75, 3.05) is 13.7 Å². The van der Waals surface area contributed by atoms with Crippen molar-refractivity contribution in [1.82, 2.24) is 5.32 Å². The van der Waals surface area contributed by atoms with Crippen LogP contribution in [0.1, 0.15) is 6.92 Å². The van der Waals surface area contributed by atoms with Crippen LogP contribution in [0.4, 0.5) is 0 Å². The zero-order valence-electron chi connectivity index (χ0n) is 7.84. The van der Waals surface area contributed by atoms with E-state index >= 15 is 0 Å². The molecule has 0 bridgehead atoms. The summed E-state index contributed by atoms with van der Waals surface area (Å²) in [7, 11) is 1.69. The van der Waals surface area contributed by atoms with Crippen LogP contribution in [-0.2, 0) is 4.74 Å². The molecule has 0 saturated carbocycles. The Hall–Kier alpha value is -0.200. The monoisotopic (exact) mass is 191 g/mol. The summed E-state index contributed by atoms with van der Waals surface area (Å²) in [6.45, 7) is 1.51. The van der Waals surface area contributed by atoms with E-state index in [0.29, 0.717) is 0 Å². The van der Waals surface area contributed by atoms with Crippen molar-refractivity contribution in [1.29, 1.82) is 0 Å². The van der Waals surface area contributed by atoms with Crippen LogP contribution in [0.2, 0.25) is 0 Å². The van der Waals surface area contributed by atoms with Gasteiger partial charge in [0, 0.05) is 0 Å². The van der Waals surface area contributed by atoms with Gasteiger partial charge in [-0.2, -0.15) is 0 Å². The third kappa shape index (κ3) is 2.00.